The van der Waals surface area contributed by atoms with Crippen LogP contribution in [-0.4, -0.2) is 39.2 Å². The molecule has 0 atom stereocenters. The van der Waals surface area contributed by atoms with E-state index in [0.717, 1.165) is 22.8 Å². The van der Waals surface area contributed by atoms with Crippen molar-refractivity contribution in [2.24, 2.45) is 0 Å². The first-order valence-electron chi connectivity index (χ1n) is 11.5. The minimum atomic E-state index is -1.29. The maximum atomic E-state index is 14.4. The lowest BCUT2D eigenvalue weighted by Gasteiger charge is -2.52. The number of carbonyl (C=O) groups excluding carboxylic acids is 2. The van der Waals surface area contributed by atoms with Crippen molar-refractivity contribution < 1.29 is 18.7 Å². The molecule has 9 heteroatoms. The van der Waals surface area contributed by atoms with Gasteiger partial charge in [0.05, 0.1) is 17.7 Å². The summed E-state index contributed by atoms with van der Waals surface area (Å²) in [5.41, 5.74) is 1.63. The molecule has 2 amide bonds. The highest BCUT2D eigenvalue weighted by Gasteiger charge is 2.56. The molecule has 0 radical (unpaired) electrons. The molecule has 2 aromatic carbocycles. The van der Waals surface area contributed by atoms with Gasteiger partial charge >= 0.3 is 0 Å². The van der Waals surface area contributed by atoms with Crippen LogP contribution >= 0.6 is 23.2 Å². The number of benzene rings is 2. The van der Waals surface area contributed by atoms with Gasteiger partial charge in [-0.2, -0.15) is 0 Å². The second-order valence-electron chi connectivity index (χ2n) is 8.90. The number of hydrogen-bond acceptors (Lipinski definition) is 4. The second-order valence-corrected chi connectivity index (χ2v) is 9.60. The maximum absolute atomic E-state index is 14.4. The number of carbonyl (C=O) groups is 2. The minimum absolute atomic E-state index is 0.108. The summed E-state index contributed by atoms with van der Waals surface area (Å²) >= 11 is 11.8. The molecule has 1 heterocycles. The van der Waals surface area contributed by atoms with E-state index in [1.165, 1.54) is 11.1 Å². The molecular formula is C27H26Cl2FN3O3. The number of nitrogens with one attached hydrogen (secondary N) is 1. The van der Waals surface area contributed by atoms with Gasteiger partial charge in [-0.1, -0.05) is 71.8 Å². The summed E-state index contributed by atoms with van der Waals surface area (Å²) in [6, 6.07) is 18.4. The fourth-order valence-corrected chi connectivity index (χ4v) is 4.57. The van der Waals surface area contributed by atoms with Crippen LogP contribution < -0.4 is 5.32 Å². The lowest BCUT2D eigenvalue weighted by molar-refractivity contribution is -0.165. The third kappa shape index (κ3) is 5.86. The van der Waals surface area contributed by atoms with Crippen LogP contribution in [0.25, 0.3) is 0 Å². The Labute approximate surface area is 219 Å². The van der Waals surface area contributed by atoms with Gasteiger partial charge in [0.1, 0.15) is 11.4 Å². The van der Waals surface area contributed by atoms with E-state index in [0.29, 0.717) is 6.61 Å². The number of ether oxygens (including phenoxy) is 1. The van der Waals surface area contributed by atoms with Gasteiger partial charge in [0.25, 0.3) is 5.91 Å². The standard InChI is InChI=1S/C27H26Cl2FN3O3/c1-18-7-9-19(10-8-18)16-33(24(34)14-28)27(26(35)32-25-23(30)11-21(29)15-31-25)12-22(13-27)36-17-20-5-3-2-4-6-20/h2-11,15,22H,12-14,16-17H2,1H3,(H,31,32,35). The minimum Gasteiger partial charge on any atom is -0.373 e. The monoisotopic (exact) mass is 529 g/mol. The molecule has 188 valence electrons. The number of aromatic nitrogens is 1. The number of anilines is 1. The zero-order chi connectivity index (χ0) is 25.7. The summed E-state index contributed by atoms with van der Waals surface area (Å²) in [7, 11) is 0. The van der Waals surface area contributed by atoms with Crippen LogP contribution in [0.5, 0.6) is 0 Å². The van der Waals surface area contributed by atoms with Crippen LogP contribution in [0.3, 0.4) is 0 Å². The SMILES string of the molecule is Cc1ccc(CN(C(=O)CCl)C2(C(=O)Nc3ncc(Cl)cc3F)CC(OCc3ccccc3)C2)cc1. The zero-order valence-corrected chi connectivity index (χ0v) is 21.2. The lowest BCUT2D eigenvalue weighted by Crippen LogP contribution is -2.67. The van der Waals surface area contributed by atoms with E-state index in [-0.39, 0.29) is 42.2 Å². The summed E-state index contributed by atoms with van der Waals surface area (Å²) in [5.74, 6) is -2.29. The Kier molecular flexibility index (Phi) is 8.24. The summed E-state index contributed by atoms with van der Waals surface area (Å²) in [6.45, 7) is 2.51. The average molecular weight is 530 g/mol. The number of rotatable bonds is 9. The van der Waals surface area contributed by atoms with Crippen LogP contribution in [0.15, 0.2) is 66.9 Å². The topological polar surface area (TPSA) is 71.5 Å². The van der Waals surface area contributed by atoms with Gasteiger partial charge in [0, 0.05) is 25.6 Å². The predicted molar refractivity (Wildman–Crippen MR) is 137 cm³/mol. The van der Waals surface area contributed by atoms with Crippen LogP contribution in [-0.2, 0) is 27.5 Å². The van der Waals surface area contributed by atoms with E-state index < -0.39 is 23.2 Å². The number of aryl methyl sites for hydroxylation is 1. The number of pyridine rings is 1. The third-order valence-corrected chi connectivity index (χ3v) is 6.75. The highest BCUT2D eigenvalue weighted by Crippen LogP contribution is 2.42. The third-order valence-electron chi connectivity index (χ3n) is 6.31. The van der Waals surface area contributed by atoms with Crippen molar-refractivity contribution in [3.8, 4) is 0 Å². The van der Waals surface area contributed by atoms with E-state index in [2.05, 4.69) is 10.3 Å². The first-order valence-corrected chi connectivity index (χ1v) is 12.4. The number of halogens is 3. The molecule has 1 aliphatic rings. The highest BCUT2D eigenvalue weighted by molar-refractivity contribution is 6.30. The van der Waals surface area contributed by atoms with Crippen molar-refractivity contribution in [3.63, 3.8) is 0 Å². The Morgan fingerprint density at radius 2 is 1.83 bits per heavy atom. The Morgan fingerprint density at radius 3 is 2.47 bits per heavy atom. The molecule has 1 N–H and O–H groups in total. The molecule has 0 aliphatic heterocycles. The van der Waals surface area contributed by atoms with E-state index in [9.17, 15) is 14.0 Å². The Hall–Kier alpha value is -3.00. The van der Waals surface area contributed by atoms with Gasteiger partial charge in [-0.15, -0.1) is 11.6 Å². The van der Waals surface area contributed by atoms with E-state index in [1.807, 2.05) is 61.5 Å². The fourth-order valence-electron chi connectivity index (χ4n) is 4.28. The molecule has 3 aromatic rings. The molecule has 4 rings (SSSR count). The van der Waals surface area contributed by atoms with Crippen molar-refractivity contribution in [3.05, 3.63) is 94.4 Å². The van der Waals surface area contributed by atoms with Crippen LogP contribution in [0.1, 0.15) is 29.5 Å². The summed E-state index contributed by atoms with van der Waals surface area (Å²) in [6.07, 6.45) is 1.43. The molecule has 0 bridgehead atoms. The Bertz CT molecular complexity index is 1220. The first-order chi connectivity index (χ1) is 17.3. The van der Waals surface area contributed by atoms with Gasteiger partial charge in [-0.05, 0) is 24.1 Å². The molecule has 1 saturated carbocycles. The molecule has 0 spiro atoms. The van der Waals surface area contributed by atoms with Crippen molar-refractivity contribution in [1.82, 2.24) is 9.88 Å². The highest BCUT2D eigenvalue weighted by atomic mass is 35.5. The smallest absolute Gasteiger partial charge is 0.251 e. The second kappa shape index (κ2) is 11.4. The summed E-state index contributed by atoms with van der Waals surface area (Å²) in [4.78, 5) is 32.1. The van der Waals surface area contributed by atoms with Crippen molar-refractivity contribution >= 4 is 40.8 Å². The van der Waals surface area contributed by atoms with Crippen molar-refractivity contribution in [1.29, 1.82) is 0 Å². The molecule has 1 aromatic heterocycles. The van der Waals surface area contributed by atoms with Crippen molar-refractivity contribution in [2.45, 2.75) is 44.6 Å². The predicted octanol–water partition coefficient (Wildman–Crippen LogP) is 5.51. The van der Waals surface area contributed by atoms with Gasteiger partial charge in [-0.3, -0.25) is 9.59 Å². The fraction of sp³-hybridized carbons (Fsp3) is 0.296. The molecule has 1 aliphatic carbocycles. The van der Waals surface area contributed by atoms with E-state index >= 15 is 0 Å². The van der Waals surface area contributed by atoms with Crippen molar-refractivity contribution in [2.75, 3.05) is 11.2 Å². The molecule has 0 unspecified atom stereocenters. The molecular weight excluding hydrogens is 504 g/mol. The number of alkyl halides is 1. The van der Waals surface area contributed by atoms with Crippen LogP contribution in [0.2, 0.25) is 5.02 Å². The zero-order valence-electron chi connectivity index (χ0n) is 19.7. The lowest BCUT2D eigenvalue weighted by atomic mass is 9.71. The average Bonchev–Trinajstić information content (AvgIpc) is 2.85. The molecule has 6 nitrogen and oxygen atoms in total. The summed E-state index contributed by atoms with van der Waals surface area (Å²) in [5, 5.41) is 2.66. The Balaban J connectivity index is 1.59. The summed E-state index contributed by atoms with van der Waals surface area (Å²) < 4.78 is 20.5. The molecule has 36 heavy (non-hydrogen) atoms. The van der Waals surface area contributed by atoms with Gasteiger partial charge in [0.2, 0.25) is 5.91 Å². The van der Waals surface area contributed by atoms with Crippen LogP contribution in [0.4, 0.5) is 10.2 Å². The Morgan fingerprint density at radius 1 is 1.14 bits per heavy atom. The van der Waals surface area contributed by atoms with Gasteiger partial charge in [-0.25, -0.2) is 9.37 Å². The van der Waals surface area contributed by atoms with E-state index in [4.69, 9.17) is 27.9 Å². The largest absolute Gasteiger partial charge is 0.373 e. The quantitative estimate of drug-likeness (QED) is 0.371. The number of hydrogen-bond donors (Lipinski definition) is 1. The van der Waals surface area contributed by atoms with Gasteiger partial charge < -0.3 is 15.0 Å². The van der Waals surface area contributed by atoms with Gasteiger partial charge in [0.15, 0.2) is 11.6 Å². The number of amides is 2. The normalized spacial score (nSPS) is 18.8. The maximum Gasteiger partial charge on any atom is 0.251 e. The molecule has 0 saturated heterocycles. The van der Waals surface area contributed by atoms with Crippen LogP contribution in [0, 0.1) is 12.7 Å². The molecule has 1 fully saturated rings. The van der Waals surface area contributed by atoms with E-state index in [1.54, 1.807) is 0 Å². The first kappa shape index (κ1) is 26.1. The number of nitrogens with zero attached hydrogens (tertiary/aromatic N) is 2.